The summed E-state index contributed by atoms with van der Waals surface area (Å²) < 4.78 is 37.8. The maximum absolute atomic E-state index is 12.7. The van der Waals surface area contributed by atoms with Crippen molar-refractivity contribution in [1.29, 1.82) is 0 Å². The molecule has 1 aromatic heterocycles. The van der Waals surface area contributed by atoms with Crippen molar-refractivity contribution in [3.8, 4) is 0 Å². The van der Waals surface area contributed by atoms with Crippen molar-refractivity contribution in [2.45, 2.75) is 17.9 Å². The molecule has 1 fully saturated rings. The molecule has 1 aliphatic carbocycles. The molecule has 0 aliphatic heterocycles. The van der Waals surface area contributed by atoms with Crippen LogP contribution in [0.3, 0.4) is 0 Å². The highest BCUT2D eigenvalue weighted by atomic mass is 19.3. The van der Waals surface area contributed by atoms with Crippen LogP contribution in [0.4, 0.5) is 13.2 Å². The fraction of sp³-hybridized carbons (Fsp3) is 0.375. The Bertz CT molecular complexity index is 336. The van der Waals surface area contributed by atoms with Crippen LogP contribution in [0.1, 0.15) is 12.0 Å². The SMILES string of the molecule is NC1(c2ccc(F)nc2)CC1(F)F. The van der Waals surface area contributed by atoms with E-state index in [4.69, 9.17) is 5.73 Å². The van der Waals surface area contributed by atoms with Crippen LogP contribution >= 0.6 is 0 Å². The van der Waals surface area contributed by atoms with Gasteiger partial charge in [-0.15, -0.1) is 0 Å². The second kappa shape index (κ2) is 2.23. The lowest BCUT2D eigenvalue weighted by molar-refractivity contribution is 0.0890. The van der Waals surface area contributed by atoms with Gasteiger partial charge in [0.15, 0.2) is 0 Å². The number of hydrogen-bond acceptors (Lipinski definition) is 2. The van der Waals surface area contributed by atoms with Crippen LogP contribution in [-0.4, -0.2) is 10.9 Å². The minimum absolute atomic E-state index is 0.180. The van der Waals surface area contributed by atoms with Crippen LogP contribution < -0.4 is 5.73 Å². The van der Waals surface area contributed by atoms with Crippen LogP contribution in [0.5, 0.6) is 0 Å². The molecular weight excluding hydrogens is 181 g/mol. The fourth-order valence-electron chi connectivity index (χ4n) is 1.26. The molecule has 0 radical (unpaired) electrons. The number of nitrogens with two attached hydrogens (primary N) is 1. The molecule has 2 nitrogen and oxygen atoms in total. The molecule has 0 saturated heterocycles. The van der Waals surface area contributed by atoms with Crippen molar-refractivity contribution in [1.82, 2.24) is 4.98 Å². The molecule has 2 rings (SSSR count). The average molecular weight is 188 g/mol. The Hall–Kier alpha value is -1.10. The summed E-state index contributed by atoms with van der Waals surface area (Å²) in [5, 5.41) is 0. The lowest BCUT2D eigenvalue weighted by Gasteiger charge is -2.09. The van der Waals surface area contributed by atoms with Gasteiger partial charge in [0.05, 0.1) is 0 Å². The lowest BCUT2D eigenvalue weighted by Crippen LogP contribution is -2.27. The molecule has 0 bridgehead atoms. The standard InChI is InChI=1S/C8H7F3N2/c9-6-2-1-5(3-13-6)7(12)4-8(7,10)11/h1-3H,4,12H2. The van der Waals surface area contributed by atoms with Gasteiger partial charge in [-0.25, -0.2) is 13.8 Å². The van der Waals surface area contributed by atoms with E-state index in [1.54, 1.807) is 0 Å². The third-order valence-electron chi connectivity index (χ3n) is 2.27. The Morgan fingerprint density at radius 3 is 2.38 bits per heavy atom. The summed E-state index contributed by atoms with van der Waals surface area (Å²) in [6.45, 7) is 0. The number of rotatable bonds is 1. The number of nitrogens with zero attached hydrogens (tertiary/aromatic N) is 1. The molecule has 70 valence electrons. The molecule has 1 saturated carbocycles. The summed E-state index contributed by atoms with van der Waals surface area (Å²) in [4.78, 5) is 3.27. The molecule has 1 aromatic rings. The van der Waals surface area contributed by atoms with E-state index in [1.807, 2.05) is 0 Å². The average Bonchev–Trinajstić information content (AvgIpc) is 2.53. The molecule has 13 heavy (non-hydrogen) atoms. The van der Waals surface area contributed by atoms with Gasteiger partial charge in [0.25, 0.3) is 5.92 Å². The summed E-state index contributed by atoms with van der Waals surface area (Å²) in [7, 11) is 0. The molecule has 1 heterocycles. The van der Waals surface area contributed by atoms with E-state index < -0.39 is 23.8 Å². The predicted octanol–water partition coefficient (Wildman–Crippen LogP) is 1.41. The number of alkyl halides is 2. The van der Waals surface area contributed by atoms with Gasteiger partial charge in [0.1, 0.15) is 5.54 Å². The highest BCUT2D eigenvalue weighted by Crippen LogP contribution is 2.57. The molecule has 5 heteroatoms. The summed E-state index contributed by atoms with van der Waals surface area (Å²) in [5.74, 6) is -3.58. The van der Waals surface area contributed by atoms with Gasteiger partial charge < -0.3 is 5.73 Å². The molecule has 0 amide bonds. The third kappa shape index (κ3) is 1.11. The largest absolute Gasteiger partial charge is 0.316 e. The summed E-state index contributed by atoms with van der Waals surface area (Å²) in [6, 6.07) is 2.27. The number of pyridine rings is 1. The van der Waals surface area contributed by atoms with E-state index in [-0.39, 0.29) is 5.56 Å². The van der Waals surface area contributed by atoms with E-state index in [1.165, 1.54) is 6.07 Å². The molecule has 1 unspecified atom stereocenters. The second-order valence-electron chi connectivity index (χ2n) is 3.22. The Balaban J connectivity index is 2.34. The molecule has 2 N–H and O–H groups in total. The molecule has 0 spiro atoms. The zero-order chi connectivity index (χ0) is 9.69. The summed E-state index contributed by atoms with van der Waals surface area (Å²) >= 11 is 0. The van der Waals surface area contributed by atoms with Gasteiger partial charge in [-0.1, -0.05) is 6.07 Å². The molecular formula is C8H7F3N2. The number of hydrogen-bond donors (Lipinski definition) is 1. The van der Waals surface area contributed by atoms with Crippen molar-refractivity contribution < 1.29 is 13.2 Å². The maximum Gasteiger partial charge on any atom is 0.272 e. The van der Waals surface area contributed by atoms with Crippen LogP contribution in [0, 0.1) is 5.95 Å². The first-order valence-corrected chi connectivity index (χ1v) is 3.74. The highest BCUT2D eigenvalue weighted by molar-refractivity contribution is 5.33. The van der Waals surface area contributed by atoms with Gasteiger partial charge in [-0.05, 0) is 11.6 Å². The minimum atomic E-state index is -2.88. The first-order valence-electron chi connectivity index (χ1n) is 3.74. The first-order chi connectivity index (χ1) is 5.96. The first kappa shape index (κ1) is 8.50. The van der Waals surface area contributed by atoms with Crippen molar-refractivity contribution in [3.63, 3.8) is 0 Å². The van der Waals surface area contributed by atoms with Crippen LogP contribution in [-0.2, 0) is 5.54 Å². The van der Waals surface area contributed by atoms with Crippen molar-refractivity contribution >= 4 is 0 Å². The van der Waals surface area contributed by atoms with Gasteiger partial charge in [-0.2, -0.15) is 4.39 Å². The smallest absolute Gasteiger partial charge is 0.272 e. The van der Waals surface area contributed by atoms with E-state index in [2.05, 4.69) is 4.98 Å². The van der Waals surface area contributed by atoms with Crippen LogP contribution in [0.25, 0.3) is 0 Å². The zero-order valence-corrected chi connectivity index (χ0v) is 6.60. The van der Waals surface area contributed by atoms with Crippen LogP contribution in [0.2, 0.25) is 0 Å². The predicted molar refractivity (Wildman–Crippen MR) is 39.6 cm³/mol. The van der Waals surface area contributed by atoms with Crippen molar-refractivity contribution in [2.75, 3.05) is 0 Å². The van der Waals surface area contributed by atoms with Crippen LogP contribution in [0.15, 0.2) is 18.3 Å². The Kier molecular flexibility index (Phi) is 1.46. The second-order valence-corrected chi connectivity index (χ2v) is 3.22. The number of halogens is 3. The molecule has 1 atom stereocenters. The number of aromatic nitrogens is 1. The fourth-order valence-corrected chi connectivity index (χ4v) is 1.26. The monoisotopic (exact) mass is 188 g/mol. The highest BCUT2D eigenvalue weighted by Gasteiger charge is 2.70. The summed E-state index contributed by atoms with van der Waals surface area (Å²) in [5.41, 5.74) is 3.93. The Morgan fingerprint density at radius 1 is 1.38 bits per heavy atom. The van der Waals surface area contributed by atoms with E-state index in [0.29, 0.717) is 0 Å². The quantitative estimate of drug-likeness (QED) is 0.677. The zero-order valence-electron chi connectivity index (χ0n) is 6.60. The van der Waals surface area contributed by atoms with Gasteiger partial charge >= 0.3 is 0 Å². The van der Waals surface area contributed by atoms with E-state index in [0.717, 1.165) is 12.3 Å². The van der Waals surface area contributed by atoms with Crippen molar-refractivity contribution in [2.24, 2.45) is 5.73 Å². The molecule has 1 aliphatic rings. The van der Waals surface area contributed by atoms with Gasteiger partial charge in [0.2, 0.25) is 5.95 Å². The Labute approximate surface area is 72.6 Å². The van der Waals surface area contributed by atoms with Gasteiger partial charge in [-0.3, -0.25) is 0 Å². The van der Waals surface area contributed by atoms with Crippen molar-refractivity contribution in [3.05, 3.63) is 29.8 Å². The maximum atomic E-state index is 12.7. The van der Waals surface area contributed by atoms with Gasteiger partial charge in [0, 0.05) is 12.6 Å². The third-order valence-corrected chi connectivity index (χ3v) is 2.27. The van der Waals surface area contributed by atoms with E-state index >= 15 is 0 Å². The van der Waals surface area contributed by atoms with E-state index in [9.17, 15) is 13.2 Å². The minimum Gasteiger partial charge on any atom is -0.316 e. The lowest BCUT2D eigenvalue weighted by atomic mass is 10.1. The molecule has 0 aromatic carbocycles. The topological polar surface area (TPSA) is 38.9 Å². The Morgan fingerprint density at radius 2 is 2.00 bits per heavy atom. The summed E-state index contributed by atoms with van der Waals surface area (Å²) in [6.07, 6.45) is 0.656. The normalized spacial score (nSPS) is 30.2.